The summed E-state index contributed by atoms with van der Waals surface area (Å²) < 4.78 is 0. The molecule has 3 atom stereocenters. The van der Waals surface area contributed by atoms with Gasteiger partial charge in [-0.2, -0.15) is 0 Å². The molecule has 1 amide bonds. The SMILES string of the molecule is C[C@H]1[C@H](C)CCC[C@@H]1NC(=O)CSC/C=C/c1ccccc1. The van der Waals surface area contributed by atoms with Gasteiger partial charge in [0.1, 0.15) is 0 Å². The third kappa shape index (κ3) is 5.53. The zero-order chi connectivity index (χ0) is 15.8. The molecule has 1 saturated carbocycles. The van der Waals surface area contributed by atoms with Crippen molar-refractivity contribution >= 4 is 23.7 Å². The van der Waals surface area contributed by atoms with Gasteiger partial charge in [0.05, 0.1) is 5.75 Å². The summed E-state index contributed by atoms with van der Waals surface area (Å²) in [5, 5.41) is 3.22. The predicted molar refractivity (Wildman–Crippen MR) is 96.9 cm³/mol. The highest BCUT2D eigenvalue weighted by Crippen LogP contribution is 2.29. The summed E-state index contributed by atoms with van der Waals surface area (Å²) in [6.45, 7) is 4.57. The Labute approximate surface area is 138 Å². The Kier molecular flexibility index (Phi) is 7.04. The molecule has 0 heterocycles. The molecule has 0 radical (unpaired) electrons. The van der Waals surface area contributed by atoms with Gasteiger partial charge in [0.25, 0.3) is 0 Å². The first-order chi connectivity index (χ1) is 10.7. The molecule has 1 aromatic rings. The van der Waals surface area contributed by atoms with Gasteiger partial charge in [0.15, 0.2) is 0 Å². The zero-order valence-electron chi connectivity index (χ0n) is 13.6. The zero-order valence-corrected chi connectivity index (χ0v) is 14.4. The average Bonchev–Trinajstić information content (AvgIpc) is 2.52. The maximum absolute atomic E-state index is 12.0. The predicted octanol–water partition coefficient (Wildman–Crippen LogP) is 4.37. The molecule has 22 heavy (non-hydrogen) atoms. The molecule has 0 saturated heterocycles. The van der Waals surface area contributed by atoms with Crippen molar-refractivity contribution in [1.29, 1.82) is 0 Å². The quantitative estimate of drug-likeness (QED) is 0.789. The van der Waals surface area contributed by atoms with E-state index in [-0.39, 0.29) is 5.91 Å². The first-order valence-corrected chi connectivity index (χ1v) is 9.41. The lowest BCUT2D eigenvalue weighted by Gasteiger charge is -2.34. The summed E-state index contributed by atoms with van der Waals surface area (Å²) in [5.41, 5.74) is 1.21. The fourth-order valence-electron chi connectivity index (χ4n) is 3.00. The Morgan fingerprint density at radius 1 is 1.27 bits per heavy atom. The molecule has 120 valence electrons. The van der Waals surface area contributed by atoms with E-state index in [1.54, 1.807) is 11.8 Å². The number of carbonyl (C=O) groups excluding carboxylic acids is 1. The van der Waals surface area contributed by atoms with Gasteiger partial charge >= 0.3 is 0 Å². The highest BCUT2D eigenvalue weighted by Gasteiger charge is 2.27. The van der Waals surface area contributed by atoms with Crippen LogP contribution in [0.25, 0.3) is 6.08 Å². The molecule has 1 fully saturated rings. The van der Waals surface area contributed by atoms with Gasteiger partial charge in [-0.05, 0) is 23.8 Å². The van der Waals surface area contributed by atoms with Gasteiger partial charge in [0.2, 0.25) is 5.91 Å². The first kappa shape index (κ1) is 17.1. The Hall–Kier alpha value is -1.22. The minimum absolute atomic E-state index is 0.184. The van der Waals surface area contributed by atoms with E-state index in [0.717, 1.165) is 18.1 Å². The maximum Gasteiger partial charge on any atom is 0.230 e. The summed E-state index contributed by atoms with van der Waals surface area (Å²) in [4.78, 5) is 12.0. The number of amides is 1. The minimum Gasteiger partial charge on any atom is -0.352 e. The summed E-state index contributed by atoms with van der Waals surface area (Å²) in [5.74, 6) is 2.93. The van der Waals surface area contributed by atoms with Crippen LogP contribution in [0.4, 0.5) is 0 Å². The summed E-state index contributed by atoms with van der Waals surface area (Å²) >= 11 is 1.67. The van der Waals surface area contributed by atoms with Crippen LogP contribution in [0.5, 0.6) is 0 Å². The van der Waals surface area contributed by atoms with Crippen molar-refractivity contribution in [2.24, 2.45) is 11.8 Å². The van der Waals surface area contributed by atoms with Crippen LogP contribution in [0, 0.1) is 11.8 Å². The molecule has 2 rings (SSSR count). The van der Waals surface area contributed by atoms with Gasteiger partial charge in [-0.25, -0.2) is 0 Å². The lowest BCUT2D eigenvalue weighted by molar-refractivity contribution is -0.119. The molecule has 0 spiro atoms. The molecule has 0 aliphatic heterocycles. The van der Waals surface area contributed by atoms with Crippen LogP contribution >= 0.6 is 11.8 Å². The molecule has 1 aromatic carbocycles. The topological polar surface area (TPSA) is 29.1 Å². The van der Waals surface area contributed by atoms with Crippen molar-refractivity contribution in [2.45, 2.75) is 39.2 Å². The highest BCUT2D eigenvalue weighted by atomic mass is 32.2. The van der Waals surface area contributed by atoms with Crippen LogP contribution in [0.1, 0.15) is 38.7 Å². The molecule has 2 nitrogen and oxygen atoms in total. The van der Waals surface area contributed by atoms with Crippen LogP contribution in [0.3, 0.4) is 0 Å². The molecule has 1 aliphatic rings. The molecule has 1 N–H and O–H groups in total. The Morgan fingerprint density at radius 3 is 2.82 bits per heavy atom. The van der Waals surface area contributed by atoms with Crippen LogP contribution in [-0.4, -0.2) is 23.5 Å². The van der Waals surface area contributed by atoms with Crippen molar-refractivity contribution < 1.29 is 4.79 Å². The number of carbonyl (C=O) groups is 1. The average molecular weight is 317 g/mol. The highest BCUT2D eigenvalue weighted by molar-refractivity contribution is 8.00. The van der Waals surface area contributed by atoms with E-state index in [2.05, 4.69) is 43.4 Å². The Balaban J connectivity index is 1.64. The number of thioether (sulfide) groups is 1. The van der Waals surface area contributed by atoms with Crippen LogP contribution < -0.4 is 5.32 Å². The smallest absolute Gasteiger partial charge is 0.230 e. The number of benzene rings is 1. The van der Waals surface area contributed by atoms with Gasteiger partial charge in [-0.15, -0.1) is 11.8 Å². The first-order valence-electron chi connectivity index (χ1n) is 8.25. The van der Waals surface area contributed by atoms with E-state index in [1.807, 2.05) is 18.2 Å². The van der Waals surface area contributed by atoms with E-state index in [1.165, 1.54) is 18.4 Å². The molecule has 3 heteroatoms. The second-order valence-corrected chi connectivity index (χ2v) is 7.30. The number of nitrogens with one attached hydrogen (secondary N) is 1. The van der Waals surface area contributed by atoms with Crippen LogP contribution in [0.2, 0.25) is 0 Å². The van der Waals surface area contributed by atoms with Crippen LogP contribution in [-0.2, 0) is 4.79 Å². The van der Waals surface area contributed by atoms with E-state index in [9.17, 15) is 4.79 Å². The van der Waals surface area contributed by atoms with Crippen molar-refractivity contribution in [3.05, 3.63) is 42.0 Å². The van der Waals surface area contributed by atoms with Crippen molar-refractivity contribution in [3.63, 3.8) is 0 Å². The number of hydrogen-bond donors (Lipinski definition) is 1. The second-order valence-electron chi connectivity index (χ2n) is 6.27. The number of rotatable bonds is 6. The normalized spacial score (nSPS) is 25.3. The molecule has 0 bridgehead atoms. The lowest BCUT2D eigenvalue weighted by Crippen LogP contribution is -2.44. The third-order valence-electron chi connectivity index (χ3n) is 4.61. The third-order valence-corrected chi connectivity index (χ3v) is 5.50. The lowest BCUT2D eigenvalue weighted by atomic mass is 9.78. The standard InChI is InChI=1S/C19H27NOS/c1-15-8-6-12-18(16(15)2)20-19(21)14-22-13-7-11-17-9-4-3-5-10-17/h3-5,7,9-11,15-16,18H,6,8,12-14H2,1-2H3,(H,20,21)/b11-7+/t15-,16+,18+/m1/s1. The summed E-state index contributed by atoms with van der Waals surface area (Å²) in [7, 11) is 0. The monoisotopic (exact) mass is 317 g/mol. The van der Waals surface area contributed by atoms with Gasteiger partial charge in [0, 0.05) is 11.8 Å². The Bertz CT molecular complexity index is 485. The van der Waals surface area contributed by atoms with E-state index >= 15 is 0 Å². The number of hydrogen-bond acceptors (Lipinski definition) is 2. The maximum atomic E-state index is 12.0. The molecular weight excluding hydrogens is 290 g/mol. The van der Waals surface area contributed by atoms with E-state index in [0.29, 0.717) is 17.7 Å². The second kappa shape index (κ2) is 9.04. The fraction of sp³-hybridized carbons (Fsp3) is 0.526. The largest absolute Gasteiger partial charge is 0.352 e. The van der Waals surface area contributed by atoms with E-state index in [4.69, 9.17) is 0 Å². The van der Waals surface area contributed by atoms with Crippen LogP contribution in [0.15, 0.2) is 36.4 Å². The summed E-state index contributed by atoms with van der Waals surface area (Å²) in [6.07, 6.45) is 7.90. The molecule has 0 aromatic heterocycles. The minimum atomic E-state index is 0.184. The Morgan fingerprint density at radius 2 is 2.05 bits per heavy atom. The molecular formula is C19H27NOS. The molecule has 0 unspecified atom stereocenters. The molecule has 1 aliphatic carbocycles. The van der Waals surface area contributed by atoms with Crippen molar-refractivity contribution in [3.8, 4) is 0 Å². The van der Waals surface area contributed by atoms with E-state index < -0.39 is 0 Å². The van der Waals surface area contributed by atoms with Gasteiger partial charge < -0.3 is 5.32 Å². The van der Waals surface area contributed by atoms with Crippen molar-refractivity contribution in [1.82, 2.24) is 5.32 Å². The van der Waals surface area contributed by atoms with Crippen molar-refractivity contribution in [2.75, 3.05) is 11.5 Å². The summed E-state index contributed by atoms with van der Waals surface area (Å²) in [6, 6.07) is 10.6. The van der Waals surface area contributed by atoms with Gasteiger partial charge in [-0.1, -0.05) is 69.2 Å². The fourth-order valence-corrected chi connectivity index (χ4v) is 3.62. The van der Waals surface area contributed by atoms with Gasteiger partial charge in [-0.3, -0.25) is 4.79 Å².